The van der Waals surface area contributed by atoms with Crippen LogP contribution in [0.3, 0.4) is 0 Å². The summed E-state index contributed by atoms with van der Waals surface area (Å²) in [7, 11) is 4.75. The molecule has 3 N–H and O–H groups in total. The van der Waals surface area contributed by atoms with Gasteiger partial charge in [0.25, 0.3) is 5.91 Å². The van der Waals surface area contributed by atoms with Crippen molar-refractivity contribution in [2.45, 2.75) is 29.0 Å². The lowest BCUT2D eigenvalue weighted by Gasteiger charge is -2.33. The minimum atomic E-state index is -4.56. The topological polar surface area (TPSA) is 95.8 Å². The van der Waals surface area contributed by atoms with Gasteiger partial charge in [-0.05, 0) is 43.3 Å². The third-order valence-corrected chi connectivity index (χ3v) is 6.87. The predicted octanol–water partition coefficient (Wildman–Crippen LogP) is 3.63. The van der Waals surface area contributed by atoms with Gasteiger partial charge in [0.2, 0.25) is 0 Å². The van der Waals surface area contributed by atoms with E-state index in [1.165, 1.54) is 37.0 Å². The number of ether oxygens (including phenoxy) is 1. The average molecular weight is 566 g/mol. The van der Waals surface area contributed by atoms with Gasteiger partial charge in [0.1, 0.15) is 29.1 Å². The van der Waals surface area contributed by atoms with Gasteiger partial charge >= 0.3 is 5.51 Å². The zero-order valence-electron chi connectivity index (χ0n) is 21.4. The highest BCUT2D eigenvalue weighted by Crippen LogP contribution is 2.41. The second-order valence-corrected chi connectivity index (χ2v) is 9.83. The van der Waals surface area contributed by atoms with Crippen LogP contribution < -0.4 is 20.7 Å². The van der Waals surface area contributed by atoms with Gasteiger partial charge in [-0.25, -0.2) is 13.9 Å². The molecule has 3 aromatic rings. The number of rotatable bonds is 7. The second-order valence-electron chi connectivity index (χ2n) is 8.76. The van der Waals surface area contributed by atoms with Gasteiger partial charge in [0.05, 0.1) is 42.0 Å². The van der Waals surface area contributed by atoms with Crippen molar-refractivity contribution in [1.82, 2.24) is 24.8 Å². The molecule has 0 aliphatic carbocycles. The van der Waals surface area contributed by atoms with Crippen LogP contribution in [0.5, 0.6) is 5.75 Å². The van der Waals surface area contributed by atoms with E-state index in [1.54, 1.807) is 12.1 Å². The molecule has 1 fully saturated rings. The minimum Gasteiger partial charge on any atom is -0.494 e. The first kappa shape index (κ1) is 28.3. The molecule has 39 heavy (non-hydrogen) atoms. The van der Waals surface area contributed by atoms with Gasteiger partial charge in [0.15, 0.2) is 0 Å². The molecule has 2 unspecified atom stereocenters. The molecule has 0 saturated carbocycles. The van der Waals surface area contributed by atoms with Crippen LogP contribution in [0.25, 0.3) is 5.52 Å². The van der Waals surface area contributed by atoms with E-state index in [1.807, 2.05) is 11.9 Å². The van der Waals surface area contributed by atoms with Gasteiger partial charge < -0.3 is 25.6 Å². The van der Waals surface area contributed by atoms with Gasteiger partial charge in [0, 0.05) is 26.2 Å². The number of pyridine rings is 2. The lowest BCUT2D eigenvalue weighted by Crippen LogP contribution is -2.46. The highest BCUT2D eigenvalue weighted by Gasteiger charge is 2.33. The molecule has 4 rings (SSSR count). The number of aromatic nitrogens is 3. The monoisotopic (exact) mass is 565 g/mol. The summed E-state index contributed by atoms with van der Waals surface area (Å²) in [6.45, 7) is 0.993. The largest absolute Gasteiger partial charge is 0.494 e. The van der Waals surface area contributed by atoms with Crippen LogP contribution in [0.4, 0.5) is 29.1 Å². The van der Waals surface area contributed by atoms with E-state index in [-0.39, 0.29) is 52.6 Å². The molecule has 3 aromatic heterocycles. The van der Waals surface area contributed by atoms with Crippen molar-refractivity contribution in [3.8, 4) is 17.6 Å². The standard InChI is InChI=1S/C25H27F4N7O2S/c1-30-24(37)18-12-21(38-3)19(13-32-18)31-10-5-6-17-23(39-25(27,28)29)20-7-4-8-22(36(20)34-17)33-16-9-11-35(2)14-15(16)26/h4,7-8,12-13,15-16,31,33H,9-11,14H2,1-3H3,(H,30,37). The quantitative estimate of drug-likeness (QED) is 0.227. The second kappa shape index (κ2) is 12.0. The molecule has 208 valence electrons. The van der Waals surface area contributed by atoms with Crippen LogP contribution in [0, 0.1) is 11.8 Å². The van der Waals surface area contributed by atoms with Crippen molar-refractivity contribution < 1.29 is 27.1 Å². The molecule has 0 aromatic carbocycles. The van der Waals surface area contributed by atoms with Crippen LogP contribution in [0.1, 0.15) is 22.6 Å². The SMILES string of the molecule is CNC(=O)c1cc(OC)c(NCC#Cc2nn3c(NC4CCN(C)CC4F)cccc3c2SC(F)(F)F)cn1. The highest BCUT2D eigenvalue weighted by molar-refractivity contribution is 8.00. The number of thioether (sulfide) groups is 1. The number of amides is 1. The van der Waals surface area contributed by atoms with Crippen molar-refractivity contribution in [3.63, 3.8) is 0 Å². The fraction of sp³-hybridized carbons (Fsp3) is 0.400. The summed E-state index contributed by atoms with van der Waals surface area (Å²) in [5.74, 6) is 5.85. The Morgan fingerprint density at radius 2 is 2.13 bits per heavy atom. The molecule has 4 heterocycles. The van der Waals surface area contributed by atoms with E-state index < -0.39 is 17.7 Å². The summed E-state index contributed by atoms with van der Waals surface area (Å²) in [6, 6.07) is 5.72. The summed E-state index contributed by atoms with van der Waals surface area (Å²) in [5.41, 5.74) is -3.81. The number of carbonyl (C=O) groups is 1. The molecule has 1 aliphatic heterocycles. The van der Waals surface area contributed by atoms with E-state index in [2.05, 4.69) is 37.9 Å². The zero-order chi connectivity index (χ0) is 28.2. The maximum absolute atomic E-state index is 14.6. The van der Waals surface area contributed by atoms with E-state index in [9.17, 15) is 22.4 Å². The number of halogens is 4. The first-order valence-electron chi connectivity index (χ1n) is 11.9. The highest BCUT2D eigenvalue weighted by atomic mass is 32.2. The Bertz CT molecular complexity index is 1400. The van der Waals surface area contributed by atoms with Gasteiger partial charge in [-0.3, -0.25) is 4.79 Å². The third-order valence-electron chi connectivity index (χ3n) is 6.03. The number of hydrogen-bond acceptors (Lipinski definition) is 8. The van der Waals surface area contributed by atoms with E-state index in [4.69, 9.17) is 4.74 Å². The van der Waals surface area contributed by atoms with E-state index in [0.717, 1.165) is 0 Å². The molecular formula is C25H27F4N7O2S. The number of nitrogens with zero attached hydrogens (tertiary/aromatic N) is 4. The zero-order valence-corrected chi connectivity index (χ0v) is 22.2. The minimum absolute atomic E-state index is 0.0333. The number of hydrogen-bond donors (Lipinski definition) is 3. The molecule has 9 nitrogen and oxygen atoms in total. The maximum atomic E-state index is 14.6. The van der Waals surface area contributed by atoms with Crippen LogP contribution in [-0.2, 0) is 0 Å². The van der Waals surface area contributed by atoms with Crippen molar-refractivity contribution in [3.05, 3.63) is 41.9 Å². The summed E-state index contributed by atoms with van der Waals surface area (Å²) in [4.78, 5) is 17.6. The fourth-order valence-corrected chi connectivity index (χ4v) is 4.80. The molecule has 1 saturated heterocycles. The number of fused-ring (bicyclic) bond motifs is 1. The molecule has 1 amide bonds. The van der Waals surface area contributed by atoms with Crippen molar-refractivity contribution in [2.24, 2.45) is 0 Å². The molecule has 14 heteroatoms. The molecular weight excluding hydrogens is 538 g/mol. The summed E-state index contributed by atoms with van der Waals surface area (Å²) in [6.07, 6.45) is 0.807. The Labute approximate surface area is 226 Å². The normalized spacial score (nSPS) is 17.8. The number of alkyl halides is 4. The molecule has 0 radical (unpaired) electrons. The van der Waals surface area contributed by atoms with Crippen molar-refractivity contribution in [1.29, 1.82) is 0 Å². The van der Waals surface area contributed by atoms with Crippen molar-refractivity contribution >= 4 is 34.7 Å². The van der Waals surface area contributed by atoms with Crippen LogP contribution in [0.2, 0.25) is 0 Å². The average Bonchev–Trinajstić information content (AvgIpc) is 3.24. The number of nitrogens with one attached hydrogen (secondary N) is 3. The third kappa shape index (κ3) is 6.85. The lowest BCUT2D eigenvalue weighted by atomic mass is 10.0. The van der Waals surface area contributed by atoms with E-state index >= 15 is 0 Å². The molecule has 1 aliphatic rings. The number of anilines is 2. The van der Waals surface area contributed by atoms with Crippen molar-refractivity contribution in [2.75, 3.05) is 51.5 Å². The molecule has 0 bridgehead atoms. The molecule has 0 spiro atoms. The smallest absolute Gasteiger partial charge is 0.446 e. The first-order chi connectivity index (χ1) is 18.6. The van der Waals surface area contributed by atoms with Gasteiger partial charge in [-0.2, -0.15) is 18.3 Å². The van der Waals surface area contributed by atoms with Crippen LogP contribution in [0.15, 0.2) is 35.4 Å². The summed E-state index contributed by atoms with van der Waals surface area (Å²) < 4.78 is 61.6. The van der Waals surface area contributed by atoms with Crippen LogP contribution >= 0.6 is 11.8 Å². The summed E-state index contributed by atoms with van der Waals surface area (Å²) in [5, 5.41) is 12.9. The predicted molar refractivity (Wildman–Crippen MR) is 141 cm³/mol. The Morgan fingerprint density at radius 1 is 1.33 bits per heavy atom. The lowest BCUT2D eigenvalue weighted by molar-refractivity contribution is -0.0327. The summed E-state index contributed by atoms with van der Waals surface area (Å²) >= 11 is -0.297. The van der Waals surface area contributed by atoms with E-state index in [0.29, 0.717) is 30.2 Å². The number of piperidine rings is 1. The first-order valence-corrected chi connectivity index (χ1v) is 12.8. The number of carbonyl (C=O) groups excluding carboxylic acids is 1. The van der Waals surface area contributed by atoms with Crippen LogP contribution in [-0.4, -0.2) is 84.0 Å². The fourth-order valence-electron chi connectivity index (χ4n) is 4.12. The number of methoxy groups -OCH3 is 1. The number of likely N-dealkylation sites (tertiary alicyclic amines) is 1. The van der Waals surface area contributed by atoms with Gasteiger partial charge in [-0.15, -0.1) is 0 Å². The Kier molecular flexibility index (Phi) is 8.71. The maximum Gasteiger partial charge on any atom is 0.446 e. The van der Waals surface area contributed by atoms with Gasteiger partial charge in [-0.1, -0.05) is 12.0 Å². The Balaban J connectivity index is 1.59. The molecule has 2 atom stereocenters. The Hall–Kier alpha value is -3.70. The Morgan fingerprint density at radius 3 is 2.82 bits per heavy atom.